The summed E-state index contributed by atoms with van der Waals surface area (Å²) >= 11 is 0. The Morgan fingerprint density at radius 2 is 1.76 bits per heavy atom. The van der Waals surface area contributed by atoms with Gasteiger partial charge in [0.1, 0.15) is 0 Å². The summed E-state index contributed by atoms with van der Waals surface area (Å²) in [6.07, 6.45) is 8.60. The second kappa shape index (κ2) is 5.70. The van der Waals surface area contributed by atoms with Crippen molar-refractivity contribution >= 4 is 9.84 Å². The van der Waals surface area contributed by atoms with Crippen molar-refractivity contribution in [3.05, 3.63) is 0 Å². The Morgan fingerprint density at radius 1 is 1.06 bits per heavy atom. The molecule has 0 radical (unpaired) electrons. The van der Waals surface area contributed by atoms with Crippen molar-refractivity contribution < 1.29 is 8.42 Å². The number of hydrogen-bond acceptors (Lipinski definition) is 3. The Morgan fingerprint density at radius 3 is 2.29 bits per heavy atom. The minimum atomic E-state index is -2.73. The van der Waals surface area contributed by atoms with Gasteiger partial charge < -0.3 is 5.32 Å². The van der Waals surface area contributed by atoms with Crippen LogP contribution in [0.5, 0.6) is 0 Å². The molecule has 0 amide bonds. The Hall–Kier alpha value is -0.0900. The highest BCUT2D eigenvalue weighted by Gasteiger charge is 2.30. The number of sulfone groups is 1. The van der Waals surface area contributed by atoms with Crippen molar-refractivity contribution in [3.8, 4) is 0 Å². The Kier molecular flexibility index (Phi) is 4.47. The molecule has 2 aliphatic rings. The van der Waals surface area contributed by atoms with Crippen molar-refractivity contribution in [2.24, 2.45) is 5.92 Å². The lowest BCUT2D eigenvalue weighted by Gasteiger charge is -2.30. The summed E-state index contributed by atoms with van der Waals surface area (Å²) in [4.78, 5) is 0. The molecule has 4 heteroatoms. The van der Waals surface area contributed by atoms with Gasteiger partial charge in [-0.2, -0.15) is 0 Å². The third kappa shape index (κ3) is 3.95. The van der Waals surface area contributed by atoms with E-state index in [0.29, 0.717) is 17.5 Å². The van der Waals surface area contributed by atoms with E-state index in [4.69, 9.17) is 0 Å². The zero-order valence-corrected chi connectivity index (χ0v) is 11.6. The van der Waals surface area contributed by atoms with E-state index in [1.54, 1.807) is 0 Å². The van der Waals surface area contributed by atoms with Crippen LogP contribution < -0.4 is 5.32 Å². The second-order valence-corrected chi connectivity index (χ2v) is 8.00. The molecule has 1 aliphatic heterocycles. The van der Waals surface area contributed by atoms with Gasteiger partial charge in [-0.1, -0.05) is 19.8 Å². The van der Waals surface area contributed by atoms with Crippen molar-refractivity contribution in [2.75, 3.05) is 11.5 Å². The highest BCUT2D eigenvalue weighted by atomic mass is 32.2. The molecule has 1 heterocycles. The monoisotopic (exact) mass is 259 g/mol. The lowest BCUT2D eigenvalue weighted by molar-refractivity contribution is 0.266. The summed E-state index contributed by atoms with van der Waals surface area (Å²) in [7, 11) is -2.73. The molecular formula is C13H25NO2S. The maximum atomic E-state index is 11.4. The first-order chi connectivity index (χ1) is 8.09. The van der Waals surface area contributed by atoms with Crippen molar-refractivity contribution in [1.82, 2.24) is 5.32 Å². The average molecular weight is 259 g/mol. The van der Waals surface area contributed by atoms with Gasteiger partial charge in [0.05, 0.1) is 11.5 Å². The van der Waals surface area contributed by atoms with Crippen molar-refractivity contribution in [1.29, 1.82) is 0 Å². The molecule has 0 aromatic heterocycles. The van der Waals surface area contributed by atoms with E-state index in [1.807, 2.05) is 0 Å². The number of hydrogen-bond donors (Lipinski definition) is 1. The van der Waals surface area contributed by atoms with E-state index in [2.05, 4.69) is 12.2 Å². The smallest absolute Gasteiger partial charge is 0.151 e. The number of rotatable bonds is 4. The molecule has 1 aliphatic carbocycles. The van der Waals surface area contributed by atoms with Crippen molar-refractivity contribution in [3.63, 3.8) is 0 Å². The molecule has 0 aromatic rings. The maximum absolute atomic E-state index is 11.4. The van der Waals surface area contributed by atoms with Crippen LogP contribution in [0.3, 0.4) is 0 Å². The fourth-order valence-electron chi connectivity index (χ4n) is 3.29. The third-order valence-corrected chi connectivity index (χ3v) is 6.02. The molecule has 1 saturated heterocycles. The minimum absolute atomic E-state index is 0.229. The molecule has 2 fully saturated rings. The van der Waals surface area contributed by atoms with Crippen LogP contribution in [0.4, 0.5) is 0 Å². The van der Waals surface area contributed by atoms with Gasteiger partial charge in [0.25, 0.3) is 0 Å². The van der Waals surface area contributed by atoms with Gasteiger partial charge in [0.15, 0.2) is 9.84 Å². The predicted molar refractivity (Wildman–Crippen MR) is 70.8 cm³/mol. The summed E-state index contributed by atoms with van der Waals surface area (Å²) in [5, 5.41) is 3.56. The lowest BCUT2D eigenvalue weighted by Crippen LogP contribution is -2.41. The van der Waals surface area contributed by atoms with Crippen LogP contribution in [0, 0.1) is 5.92 Å². The normalized spacial score (nSPS) is 37.1. The van der Waals surface area contributed by atoms with Gasteiger partial charge in [-0.25, -0.2) is 8.42 Å². The average Bonchev–Trinajstić information content (AvgIpc) is 2.61. The summed E-state index contributed by atoms with van der Waals surface area (Å²) in [5.41, 5.74) is 0. The second-order valence-electron chi connectivity index (χ2n) is 5.77. The van der Waals surface area contributed by atoms with E-state index in [-0.39, 0.29) is 6.04 Å². The zero-order chi connectivity index (χ0) is 12.3. The molecule has 2 rings (SSSR count). The molecular weight excluding hydrogens is 234 g/mol. The number of nitrogens with one attached hydrogen (secondary N) is 1. The standard InChI is InChI=1S/C13H25NO2S/c1-2-3-11-4-6-12(7-5-11)14-13-8-9-17(15,16)10-13/h11-14H,2-10H2,1H3. The Balaban J connectivity index is 1.72. The van der Waals surface area contributed by atoms with Gasteiger partial charge in [-0.05, 0) is 38.0 Å². The molecule has 1 saturated carbocycles. The highest BCUT2D eigenvalue weighted by Crippen LogP contribution is 2.28. The van der Waals surface area contributed by atoms with E-state index in [9.17, 15) is 8.42 Å². The van der Waals surface area contributed by atoms with Crippen molar-refractivity contribution in [2.45, 2.75) is 64.0 Å². The summed E-state index contributed by atoms with van der Waals surface area (Å²) < 4.78 is 22.8. The minimum Gasteiger partial charge on any atom is -0.310 e. The van der Waals surface area contributed by atoms with Gasteiger partial charge in [-0.3, -0.25) is 0 Å². The van der Waals surface area contributed by atoms with Crippen LogP contribution in [0.15, 0.2) is 0 Å². The Labute approximate surface area is 105 Å². The van der Waals surface area contributed by atoms with Crippen LogP contribution in [0.2, 0.25) is 0 Å². The fraction of sp³-hybridized carbons (Fsp3) is 1.00. The van der Waals surface area contributed by atoms with E-state index in [1.165, 1.54) is 38.5 Å². The molecule has 1 atom stereocenters. The molecule has 1 N–H and O–H groups in total. The van der Waals surface area contributed by atoms with Gasteiger partial charge in [0, 0.05) is 12.1 Å². The highest BCUT2D eigenvalue weighted by molar-refractivity contribution is 7.91. The molecule has 0 aromatic carbocycles. The van der Waals surface area contributed by atoms with Crippen LogP contribution in [0.25, 0.3) is 0 Å². The Bertz CT molecular complexity index is 331. The molecule has 3 nitrogen and oxygen atoms in total. The molecule has 17 heavy (non-hydrogen) atoms. The fourth-order valence-corrected chi connectivity index (χ4v) is 4.97. The molecule has 100 valence electrons. The summed E-state index contributed by atoms with van der Waals surface area (Å²) in [5.74, 6) is 1.67. The van der Waals surface area contributed by atoms with Crippen LogP contribution >= 0.6 is 0 Å². The largest absolute Gasteiger partial charge is 0.310 e. The van der Waals surface area contributed by atoms with Gasteiger partial charge in [0.2, 0.25) is 0 Å². The SMILES string of the molecule is CCCC1CCC(NC2CCS(=O)(=O)C2)CC1. The topological polar surface area (TPSA) is 46.2 Å². The summed E-state index contributed by atoms with van der Waals surface area (Å²) in [6, 6.07) is 0.800. The lowest BCUT2D eigenvalue weighted by atomic mass is 9.83. The van der Waals surface area contributed by atoms with Crippen LogP contribution in [-0.4, -0.2) is 32.0 Å². The summed E-state index contributed by atoms with van der Waals surface area (Å²) in [6.45, 7) is 2.26. The predicted octanol–water partition coefficient (Wildman–Crippen LogP) is 2.12. The van der Waals surface area contributed by atoms with Crippen LogP contribution in [0.1, 0.15) is 51.9 Å². The van der Waals surface area contributed by atoms with Gasteiger partial charge in [-0.15, -0.1) is 0 Å². The first kappa shape index (κ1) is 13.3. The molecule has 1 unspecified atom stereocenters. The van der Waals surface area contributed by atoms with E-state index >= 15 is 0 Å². The van der Waals surface area contributed by atoms with E-state index < -0.39 is 9.84 Å². The first-order valence-corrected chi connectivity index (χ1v) is 8.87. The van der Waals surface area contributed by atoms with Gasteiger partial charge >= 0.3 is 0 Å². The van der Waals surface area contributed by atoms with Crippen LogP contribution in [-0.2, 0) is 9.84 Å². The molecule has 0 spiro atoms. The zero-order valence-electron chi connectivity index (χ0n) is 10.8. The first-order valence-electron chi connectivity index (χ1n) is 7.05. The molecule has 0 bridgehead atoms. The quantitative estimate of drug-likeness (QED) is 0.841. The third-order valence-electron chi connectivity index (χ3n) is 4.25. The van der Waals surface area contributed by atoms with E-state index in [0.717, 1.165) is 12.3 Å². The maximum Gasteiger partial charge on any atom is 0.151 e.